The second-order valence-electron chi connectivity index (χ2n) is 11.0. The molecule has 0 spiro atoms. The van der Waals surface area contributed by atoms with Crippen LogP contribution in [0.2, 0.25) is 10.0 Å². The third kappa shape index (κ3) is 9.28. The zero-order chi connectivity index (χ0) is 34.0. The van der Waals surface area contributed by atoms with Gasteiger partial charge in [0.25, 0.3) is 10.0 Å². The second-order valence-corrected chi connectivity index (χ2v) is 13.7. The zero-order valence-electron chi connectivity index (χ0n) is 26.7. The monoisotopic (exact) mass is 695 g/mol. The Hall–Kier alpha value is -4.05. The predicted octanol–water partition coefficient (Wildman–Crippen LogP) is 7.06. The molecule has 4 aromatic carbocycles. The maximum absolute atomic E-state index is 14.6. The molecule has 0 saturated heterocycles. The number of carbonyl (C=O) groups is 2. The number of benzene rings is 4. The molecule has 248 valence electrons. The number of aryl methyl sites for hydroxylation is 1. The van der Waals surface area contributed by atoms with Gasteiger partial charge in [-0.2, -0.15) is 0 Å². The molecule has 0 aliphatic heterocycles. The van der Waals surface area contributed by atoms with Gasteiger partial charge in [0, 0.05) is 19.5 Å². The molecule has 0 radical (unpaired) electrons. The van der Waals surface area contributed by atoms with Gasteiger partial charge in [0.2, 0.25) is 11.8 Å². The van der Waals surface area contributed by atoms with Gasteiger partial charge in [0.05, 0.1) is 27.2 Å². The first-order valence-electron chi connectivity index (χ1n) is 15.4. The van der Waals surface area contributed by atoms with E-state index in [9.17, 15) is 18.0 Å². The van der Waals surface area contributed by atoms with Crippen molar-refractivity contribution in [2.24, 2.45) is 0 Å². The summed E-state index contributed by atoms with van der Waals surface area (Å²) in [6.07, 6.45) is 0.894. The van der Waals surface area contributed by atoms with Crippen molar-refractivity contribution >= 4 is 50.7 Å². The van der Waals surface area contributed by atoms with Crippen molar-refractivity contribution in [3.8, 4) is 5.75 Å². The van der Waals surface area contributed by atoms with Crippen molar-refractivity contribution in [1.82, 2.24) is 10.2 Å². The van der Waals surface area contributed by atoms with Crippen LogP contribution in [0.1, 0.15) is 37.0 Å². The molecule has 0 aliphatic rings. The number of hydrogen-bond acceptors (Lipinski definition) is 5. The first-order valence-corrected chi connectivity index (χ1v) is 17.6. The number of rotatable bonds is 15. The molecule has 0 unspecified atom stereocenters. The molecule has 4 aromatic rings. The number of para-hydroxylation sites is 2. The van der Waals surface area contributed by atoms with Gasteiger partial charge in [-0.05, 0) is 67.8 Å². The maximum atomic E-state index is 14.6. The number of amides is 2. The normalized spacial score (nSPS) is 11.9. The molecule has 0 saturated carbocycles. The zero-order valence-corrected chi connectivity index (χ0v) is 29.0. The van der Waals surface area contributed by atoms with Crippen LogP contribution < -0.4 is 14.4 Å². The van der Waals surface area contributed by atoms with Gasteiger partial charge in [-0.3, -0.25) is 13.9 Å². The van der Waals surface area contributed by atoms with Crippen LogP contribution in [-0.2, 0) is 32.6 Å². The molecule has 4 rings (SSSR count). The van der Waals surface area contributed by atoms with Gasteiger partial charge < -0.3 is 15.0 Å². The Kier molecular flexibility index (Phi) is 12.7. The van der Waals surface area contributed by atoms with E-state index in [2.05, 4.69) is 5.32 Å². The Morgan fingerprint density at radius 1 is 0.851 bits per heavy atom. The van der Waals surface area contributed by atoms with E-state index in [1.165, 1.54) is 17.0 Å². The van der Waals surface area contributed by atoms with Crippen LogP contribution in [0.4, 0.5) is 5.69 Å². The van der Waals surface area contributed by atoms with E-state index in [0.717, 1.165) is 15.4 Å². The van der Waals surface area contributed by atoms with Crippen molar-refractivity contribution in [3.05, 3.63) is 124 Å². The molecular formula is C36H39Cl2N3O5S. The van der Waals surface area contributed by atoms with E-state index >= 15 is 0 Å². The molecular weight excluding hydrogens is 657 g/mol. The average Bonchev–Trinajstić information content (AvgIpc) is 3.06. The summed E-state index contributed by atoms with van der Waals surface area (Å²) in [5, 5.41) is 3.57. The number of hydrogen-bond donors (Lipinski definition) is 1. The highest BCUT2D eigenvalue weighted by Gasteiger charge is 2.35. The minimum absolute atomic E-state index is 0.0137. The maximum Gasteiger partial charge on any atom is 0.264 e. The standard InChI is InChI=1S/C36H39Cl2N3O5S/c1-4-21-39-36(43)33(23-27-11-7-6-8-12-27)40(24-28-17-20-30(37)31(38)22-28)35(42)25-41(32-13-9-10-14-34(32)46-5-2)47(44,45)29-18-15-26(3)16-19-29/h6-20,22,33H,4-5,21,23-25H2,1-3H3,(H,39,43)/t33-/m1/s1. The van der Waals surface area contributed by atoms with Gasteiger partial charge in [-0.15, -0.1) is 0 Å². The average molecular weight is 697 g/mol. The Morgan fingerprint density at radius 2 is 1.53 bits per heavy atom. The molecule has 0 aliphatic carbocycles. The van der Waals surface area contributed by atoms with Gasteiger partial charge in [-0.25, -0.2) is 8.42 Å². The third-order valence-electron chi connectivity index (χ3n) is 7.48. The minimum atomic E-state index is -4.28. The van der Waals surface area contributed by atoms with Crippen molar-refractivity contribution in [2.75, 3.05) is 24.0 Å². The molecule has 0 aromatic heterocycles. The highest BCUT2D eigenvalue weighted by molar-refractivity contribution is 7.92. The summed E-state index contributed by atoms with van der Waals surface area (Å²) in [7, 11) is -4.28. The first-order chi connectivity index (χ1) is 22.5. The molecule has 2 amide bonds. The molecule has 1 atom stereocenters. The molecule has 0 bridgehead atoms. The van der Waals surface area contributed by atoms with E-state index in [-0.39, 0.29) is 36.1 Å². The number of ether oxygens (including phenoxy) is 1. The van der Waals surface area contributed by atoms with Gasteiger partial charge >= 0.3 is 0 Å². The van der Waals surface area contributed by atoms with E-state index < -0.39 is 28.5 Å². The number of carbonyl (C=O) groups excluding carboxylic acids is 2. The van der Waals surface area contributed by atoms with Crippen LogP contribution in [-0.4, -0.2) is 50.9 Å². The number of halogens is 2. The quantitative estimate of drug-likeness (QED) is 0.144. The fraction of sp³-hybridized carbons (Fsp3) is 0.278. The smallest absolute Gasteiger partial charge is 0.264 e. The lowest BCUT2D eigenvalue weighted by Crippen LogP contribution is -2.53. The van der Waals surface area contributed by atoms with E-state index in [1.54, 1.807) is 61.5 Å². The minimum Gasteiger partial charge on any atom is -0.492 e. The summed E-state index contributed by atoms with van der Waals surface area (Å²) in [5.74, 6) is -0.645. The van der Waals surface area contributed by atoms with Crippen LogP contribution in [0, 0.1) is 6.92 Å². The summed E-state index contributed by atoms with van der Waals surface area (Å²) >= 11 is 12.5. The Morgan fingerprint density at radius 3 is 2.19 bits per heavy atom. The Labute approximate surface area is 287 Å². The summed E-state index contributed by atoms with van der Waals surface area (Å²) < 4.78 is 35.5. The lowest BCUT2D eigenvalue weighted by Gasteiger charge is -2.34. The number of nitrogens with zero attached hydrogens (tertiary/aromatic N) is 2. The molecule has 0 fully saturated rings. The predicted molar refractivity (Wildman–Crippen MR) is 188 cm³/mol. The van der Waals surface area contributed by atoms with Crippen LogP contribution in [0.15, 0.2) is 102 Å². The molecule has 1 N–H and O–H groups in total. The molecule has 11 heteroatoms. The molecule has 47 heavy (non-hydrogen) atoms. The van der Waals surface area contributed by atoms with E-state index in [4.69, 9.17) is 27.9 Å². The third-order valence-corrected chi connectivity index (χ3v) is 9.99. The van der Waals surface area contributed by atoms with Gasteiger partial charge in [0.15, 0.2) is 0 Å². The summed E-state index contributed by atoms with van der Waals surface area (Å²) in [5.41, 5.74) is 2.54. The SMILES string of the molecule is CCCNC(=O)[C@@H](Cc1ccccc1)N(Cc1ccc(Cl)c(Cl)c1)C(=O)CN(c1ccccc1OCC)S(=O)(=O)c1ccc(C)cc1. The van der Waals surface area contributed by atoms with E-state index in [0.29, 0.717) is 34.3 Å². The Balaban J connectivity index is 1.84. The fourth-order valence-electron chi connectivity index (χ4n) is 5.05. The summed E-state index contributed by atoms with van der Waals surface area (Å²) in [6, 6.07) is 26.5. The second kappa shape index (κ2) is 16.7. The van der Waals surface area contributed by atoms with Crippen molar-refractivity contribution in [1.29, 1.82) is 0 Å². The lowest BCUT2D eigenvalue weighted by molar-refractivity contribution is -0.140. The van der Waals surface area contributed by atoms with Crippen LogP contribution in [0.5, 0.6) is 5.75 Å². The highest BCUT2D eigenvalue weighted by atomic mass is 35.5. The first kappa shape index (κ1) is 35.8. The fourth-order valence-corrected chi connectivity index (χ4v) is 6.79. The van der Waals surface area contributed by atoms with Crippen molar-refractivity contribution in [3.63, 3.8) is 0 Å². The van der Waals surface area contributed by atoms with Crippen LogP contribution >= 0.6 is 23.2 Å². The summed E-state index contributed by atoms with van der Waals surface area (Å²) in [6.45, 7) is 5.65. The largest absolute Gasteiger partial charge is 0.492 e. The van der Waals surface area contributed by atoms with Gasteiger partial charge in [0.1, 0.15) is 18.3 Å². The number of anilines is 1. The highest BCUT2D eigenvalue weighted by Crippen LogP contribution is 2.33. The summed E-state index contributed by atoms with van der Waals surface area (Å²) in [4.78, 5) is 29.9. The number of sulfonamides is 1. The van der Waals surface area contributed by atoms with Crippen molar-refractivity contribution in [2.45, 2.75) is 51.1 Å². The van der Waals surface area contributed by atoms with Crippen molar-refractivity contribution < 1.29 is 22.7 Å². The Bertz CT molecular complexity index is 1770. The van der Waals surface area contributed by atoms with Crippen LogP contribution in [0.3, 0.4) is 0 Å². The topological polar surface area (TPSA) is 96.0 Å². The number of nitrogens with one attached hydrogen (secondary N) is 1. The van der Waals surface area contributed by atoms with E-state index in [1.807, 2.05) is 44.2 Å². The molecule has 8 nitrogen and oxygen atoms in total. The molecule has 0 heterocycles. The lowest BCUT2D eigenvalue weighted by atomic mass is 10.0. The van der Waals surface area contributed by atoms with Gasteiger partial charge in [-0.1, -0.05) is 96.4 Å². The van der Waals surface area contributed by atoms with Crippen LogP contribution in [0.25, 0.3) is 0 Å².